The molecule has 1 aliphatic heterocycles. The van der Waals surface area contributed by atoms with Gasteiger partial charge in [-0.25, -0.2) is 4.79 Å². The highest BCUT2D eigenvalue weighted by Crippen LogP contribution is 2.51. The Bertz CT molecular complexity index is 1010. The molecule has 2 saturated carbocycles. The minimum Gasteiger partial charge on any atom is -0.465 e. The van der Waals surface area contributed by atoms with Gasteiger partial charge in [-0.2, -0.15) is 0 Å². The predicted octanol–water partition coefficient (Wildman–Crippen LogP) is 9.67. The van der Waals surface area contributed by atoms with E-state index < -0.39 is 12.1 Å². The van der Waals surface area contributed by atoms with Crippen molar-refractivity contribution in [2.75, 3.05) is 46.1 Å². The van der Waals surface area contributed by atoms with Crippen LogP contribution < -0.4 is 0 Å². The zero-order valence-electron chi connectivity index (χ0n) is 30.7. The van der Waals surface area contributed by atoms with Crippen molar-refractivity contribution in [1.29, 1.82) is 0 Å². The highest BCUT2D eigenvalue weighted by atomic mass is 16.7. The van der Waals surface area contributed by atoms with Crippen LogP contribution >= 0.6 is 0 Å². The average molecular weight is 686 g/mol. The quantitative estimate of drug-likeness (QED) is 0.0406. The van der Waals surface area contributed by atoms with Crippen molar-refractivity contribution in [2.45, 2.75) is 142 Å². The molecule has 1 saturated heterocycles. The molecule has 1 heterocycles. The van der Waals surface area contributed by atoms with E-state index in [1.54, 1.807) is 0 Å². The lowest BCUT2D eigenvalue weighted by Gasteiger charge is -2.44. The van der Waals surface area contributed by atoms with E-state index in [0.29, 0.717) is 19.4 Å². The van der Waals surface area contributed by atoms with Crippen LogP contribution in [0.25, 0.3) is 0 Å². The first-order valence-corrected chi connectivity index (χ1v) is 19.8. The summed E-state index contributed by atoms with van der Waals surface area (Å²) in [5.74, 6) is -0.160. The fourth-order valence-corrected chi connectivity index (χ4v) is 7.63. The molecule has 3 rings (SSSR count). The van der Waals surface area contributed by atoms with Crippen LogP contribution in [0.5, 0.6) is 0 Å². The number of hydrogen-bond acceptors (Lipinski definition) is 8. The summed E-state index contributed by atoms with van der Waals surface area (Å²) in [7, 11) is 0. The van der Waals surface area contributed by atoms with Crippen molar-refractivity contribution in [3.63, 3.8) is 0 Å². The minimum atomic E-state index is -0.735. The largest absolute Gasteiger partial charge is 0.508 e. The number of esters is 2. The molecule has 0 amide bonds. The molecule has 3 aliphatic rings. The van der Waals surface area contributed by atoms with Crippen LogP contribution in [0, 0.1) is 17.3 Å². The van der Waals surface area contributed by atoms with Crippen molar-refractivity contribution in [3.8, 4) is 0 Å². The number of allylic oxidation sites excluding steroid dienone is 6. The Morgan fingerprint density at radius 1 is 0.714 bits per heavy atom. The number of likely N-dealkylation sites (tertiary alicyclic amines) is 1. The molecule has 0 aromatic heterocycles. The van der Waals surface area contributed by atoms with Crippen LogP contribution in [0.2, 0.25) is 0 Å². The molecule has 0 N–H and O–H groups in total. The molecule has 1 atom stereocenters. The second kappa shape index (κ2) is 25.4. The van der Waals surface area contributed by atoms with Crippen molar-refractivity contribution < 1.29 is 33.3 Å². The summed E-state index contributed by atoms with van der Waals surface area (Å²) >= 11 is 0. The van der Waals surface area contributed by atoms with Gasteiger partial charge in [-0.15, -0.1) is 0 Å². The van der Waals surface area contributed by atoms with E-state index in [1.165, 1.54) is 38.5 Å². The SMILES string of the molecule is CC/C=C\C/C=C\C/C=C\CCCCCCCC(=O)OCC(COC(=O)CC12CCCC(CCC1)C2)COC(=O)OCCCN1CCCC1. The van der Waals surface area contributed by atoms with Gasteiger partial charge < -0.3 is 23.8 Å². The van der Waals surface area contributed by atoms with Crippen LogP contribution in [0.4, 0.5) is 4.79 Å². The zero-order chi connectivity index (χ0) is 34.8. The number of carbonyl (C=O) groups excluding carboxylic acids is 3. The Morgan fingerprint density at radius 3 is 2.08 bits per heavy atom. The van der Waals surface area contributed by atoms with E-state index in [9.17, 15) is 14.4 Å². The molecule has 49 heavy (non-hydrogen) atoms. The van der Waals surface area contributed by atoms with Gasteiger partial charge in [0.2, 0.25) is 0 Å². The molecule has 8 heteroatoms. The van der Waals surface area contributed by atoms with Gasteiger partial charge in [-0.1, -0.05) is 88.3 Å². The van der Waals surface area contributed by atoms with E-state index in [2.05, 4.69) is 48.3 Å². The lowest BCUT2D eigenvalue weighted by molar-refractivity contribution is -0.152. The van der Waals surface area contributed by atoms with Crippen molar-refractivity contribution >= 4 is 18.1 Å². The molecular formula is C41H67NO7. The zero-order valence-corrected chi connectivity index (χ0v) is 30.7. The summed E-state index contributed by atoms with van der Waals surface area (Å²) in [6, 6.07) is 0. The van der Waals surface area contributed by atoms with Gasteiger partial charge in [-0.05, 0) is 101 Å². The molecular weight excluding hydrogens is 618 g/mol. The topological polar surface area (TPSA) is 91.4 Å². The molecule has 1 unspecified atom stereocenters. The molecule has 0 aromatic carbocycles. The Labute approximate surface area is 297 Å². The van der Waals surface area contributed by atoms with Crippen LogP contribution in [0.3, 0.4) is 0 Å². The molecule has 2 bridgehead atoms. The Morgan fingerprint density at radius 2 is 1.35 bits per heavy atom. The van der Waals surface area contributed by atoms with Crippen LogP contribution in [-0.4, -0.2) is 69.1 Å². The van der Waals surface area contributed by atoms with Crippen molar-refractivity contribution in [1.82, 2.24) is 4.90 Å². The first-order chi connectivity index (χ1) is 24.0. The van der Waals surface area contributed by atoms with Gasteiger partial charge >= 0.3 is 18.1 Å². The van der Waals surface area contributed by atoms with Gasteiger partial charge in [0.05, 0.1) is 18.9 Å². The summed E-state index contributed by atoms with van der Waals surface area (Å²) in [5.41, 5.74) is 0.0787. The second-order valence-electron chi connectivity index (χ2n) is 14.7. The number of ether oxygens (including phenoxy) is 4. The molecule has 2 aliphatic carbocycles. The highest BCUT2D eigenvalue weighted by Gasteiger charge is 2.41. The highest BCUT2D eigenvalue weighted by molar-refractivity contribution is 5.70. The standard InChI is InChI=1S/C41H67NO7/c1-2-3-4-5-6-7-8-9-10-11-12-13-14-15-16-24-38(43)47-33-37(35-49-40(45)46-30-21-29-42-27-17-18-28-42)34-48-39(44)32-41-25-19-22-36(31-41)23-20-26-41/h3-4,6-7,9-10,36-37H,2,5,8,11-35H2,1H3/b4-3-,7-6-,10-9-. The van der Waals surface area contributed by atoms with Gasteiger partial charge in [-0.3, -0.25) is 9.59 Å². The molecule has 278 valence electrons. The van der Waals surface area contributed by atoms with Crippen molar-refractivity contribution in [3.05, 3.63) is 36.5 Å². The summed E-state index contributed by atoms with van der Waals surface area (Å²) < 4.78 is 21.9. The van der Waals surface area contributed by atoms with Crippen LogP contribution in [0.15, 0.2) is 36.5 Å². The predicted molar refractivity (Wildman–Crippen MR) is 195 cm³/mol. The van der Waals surface area contributed by atoms with Crippen molar-refractivity contribution in [2.24, 2.45) is 17.3 Å². The molecule has 3 fully saturated rings. The first-order valence-electron chi connectivity index (χ1n) is 19.8. The van der Waals surface area contributed by atoms with Gasteiger partial charge in [0, 0.05) is 13.0 Å². The van der Waals surface area contributed by atoms with Gasteiger partial charge in [0.1, 0.15) is 19.8 Å². The number of unbranched alkanes of at least 4 members (excludes halogenated alkanes) is 5. The third-order valence-corrected chi connectivity index (χ3v) is 10.3. The number of hydrogen-bond donors (Lipinski definition) is 0. The Hall–Kier alpha value is -2.61. The molecule has 0 aromatic rings. The van der Waals surface area contributed by atoms with E-state index in [4.69, 9.17) is 18.9 Å². The lowest BCUT2D eigenvalue weighted by Crippen LogP contribution is -2.35. The average Bonchev–Trinajstić information content (AvgIpc) is 3.61. The molecule has 8 nitrogen and oxygen atoms in total. The third-order valence-electron chi connectivity index (χ3n) is 10.3. The van der Waals surface area contributed by atoms with E-state index in [1.807, 2.05) is 0 Å². The van der Waals surface area contributed by atoms with Crippen LogP contribution in [-0.2, 0) is 28.5 Å². The monoisotopic (exact) mass is 685 g/mol. The smallest absolute Gasteiger partial charge is 0.465 e. The number of rotatable bonds is 25. The fourth-order valence-electron chi connectivity index (χ4n) is 7.63. The summed E-state index contributed by atoms with van der Waals surface area (Å²) in [4.78, 5) is 40.2. The van der Waals surface area contributed by atoms with Crippen LogP contribution in [0.1, 0.15) is 142 Å². The molecule has 0 spiro atoms. The van der Waals surface area contributed by atoms with E-state index in [0.717, 1.165) is 109 Å². The minimum absolute atomic E-state index is 0.0280. The summed E-state index contributed by atoms with van der Waals surface area (Å²) in [5, 5.41) is 0. The maximum absolute atomic E-state index is 13.0. The normalized spacial score (nSPS) is 21.8. The Balaban J connectivity index is 1.30. The third kappa shape index (κ3) is 18.8. The van der Waals surface area contributed by atoms with Gasteiger partial charge in [0.15, 0.2) is 0 Å². The molecule has 0 radical (unpaired) electrons. The lowest BCUT2D eigenvalue weighted by atomic mass is 9.61. The second-order valence-corrected chi connectivity index (χ2v) is 14.7. The summed E-state index contributed by atoms with van der Waals surface area (Å²) in [6.45, 7) is 5.65. The van der Waals surface area contributed by atoms with Gasteiger partial charge in [0.25, 0.3) is 0 Å². The fraction of sp³-hybridized carbons (Fsp3) is 0.780. The number of nitrogens with zero attached hydrogens (tertiary/aromatic N) is 1. The maximum atomic E-state index is 13.0. The Kier molecular flexibility index (Phi) is 21.1. The van der Waals surface area contributed by atoms with E-state index in [-0.39, 0.29) is 37.2 Å². The van der Waals surface area contributed by atoms with E-state index >= 15 is 0 Å². The number of fused-ring (bicyclic) bond motifs is 2. The summed E-state index contributed by atoms with van der Waals surface area (Å²) in [6.07, 6.45) is 34.2. The number of carbonyl (C=O) groups is 3. The maximum Gasteiger partial charge on any atom is 0.508 e. The first kappa shape index (κ1) is 40.8.